The number of alkyl halides is 3. The van der Waals surface area contributed by atoms with Crippen LogP contribution in [0.5, 0.6) is 0 Å². The predicted octanol–water partition coefficient (Wildman–Crippen LogP) is 2.69. The molecule has 0 bridgehead atoms. The lowest BCUT2D eigenvalue weighted by Crippen LogP contribution is -2.33. The van der Waals surface area contributed by atoms with Crippen molar-refractivity contribution in [3.63, 3.8) is 0 Å². The average Bonchev–Trinajstić information content (AvgIpc) is 2.46. The van der Waals surface area contributed by atoms with E-state index >= 15 is 0 Å². The molecular weight excluding hydrogens is 283 g/mol. The van der Waals surface area contributed by atoms with E-state index in [0.717, 1.165) is 16.2 Å². The van der Waals surface area contributed by atoms with E-state index in [1.807, 2.05) is 0 Å². The van der Waals surface area contributed by atoms with Crippen LogP contribution in [0.15, 0.2) is 3.92 Å². The summed E-state index contributed by atoms with van der Waals surface area (Å²) in [5, 5.41) is 7.49. The van der Waals surface area contributed by atoms with Crippen LogP contribution in [-0.4, -0.2) is 29.5 Å². The van der Waals surface area contributed by atoms with Crippen molar-refractivity contribution in [1.29, 1.82) is 0 Å². The fourth-order valence-corrected chi connectivity index (χ4v) is 2.01. The Balaban J connectivity index is 2.72. The fourth-order valence-electron chi connectivity index (χ4n) is 0.857. The molecule has 0 fully saturated rings. The molecule has 1 aromatic heterocycles. The molecule has 0 unspecified atom stereocenters. The molecule has 14 heavy (non-hydrogen) atoms. The first kappa shape index (κ1) is 11.7. The summed E-state index contributed by atoms with van der Waals surface area (Å²) in [5.74, 6) is 0. The van der Waals surface area contributed by atoms with E-state index in [1.54, 1.807) is 6.92 Å². The summed E-state index contributed by atoms with van der Waals surface area (Å²) in [7, 11) is 0. The highest BCUT2D eigenvalue weighted by atomic mass is 79.9. The van der Waals surface area contributed by atoms with Crippen molar-refractivity contribution >= 4 is 32.4 Å². The van der Waals surface area contributed by atoms with Gasteiger partial charge in [-0.3, -0.25) is 0 Å². The molecule has 0 aromatic carbocycles. The largest absolute Gasteiger partial charge is 0.406 e. The first-order valence-electron chi connectivity index (χ1n) is 3.73. The van der Waals surface area contributed by atoms with E-state index in [1.165, 1.54) is 0 Å². The number of aromatic nitrogens is 2. The van der Waals surface area contributed by atoms with Crippen molar-refractivity contribution in [1.82, 2.24) is 10.2 Å². The molecule has 1 aromatic rings. The Labute approximate surface area is 91.1 Å². The van der Waals surface area contributed by atoms with Crippen molar-refractivity contribution in [2.75, 3.05) is 18.0 Å². The fraction of sp³-hybridized carbons (Fsp3) is 0.667. The summed E-state index contributed by atoms with van der Waals surface area (Å²) < 4.78 is 36.7. The van der Waals surface area contributed by atoms with Gasteiger partial charge in [0.25, 0.3) is 0 Å². The third-order valence-corrected chi connectivity index (χ3v) is 2.83. The van der Waals surface area contributed by atoms with Gasteiger partial charge in [0.2, 0.25) is 5.13 Å². The quantitative estimate of drug-likeness (QED) is 0.857. The zero-order chi connectivity index (χ0) is 10.8. The van der Waals surface area contributed by atoms with Gasteiger partial charge in [0.1, 0.15) is 6.54 Å². The Bertz CT molecular complexity index is 301. The molecule has 0 amide bonds. The van der Waals surface area contributed by atoms with Crippen LogP contribution < -0.4 is 4.90 Å². The minimum atomic E-state index is -4.21. The van der Waals surface area contributed by atoms with Crippen LogP contribution >= 0.6 is 27.3 Å². The van der Waals surface area contributed by atoms with Crippen LogP contribution in [0.1, 0.15) is 6.92 Å². The van der Waals surface area contributed by atoms with Gasteiger partial charge in [-0.05, 0) is 22.9 Å². The van der Waals surface area contributed by atoms with E-state index in [-0.39, 0.29) is 11.7 Å². The van der Waals surface area contributed by atoms with Crippen molar-refractivity contribution in [3.8, 4) is 0 Å². The summed E-state index contributed by atoms with van der Waals surface area (Å²) in [6, 6.07) is 0. The van der Waals surface area contributed by atoms with E-state index in [9.17, 15) is 13.2 Å². The first-order valence-corrected chi connectivity index (χ1v) is 5.34. The normalized spacial score (nSPS) is 11.8. The Morgan fingerprint density at radius 1 is 1.43 bits per heavy atom. The third-order valence-electron chi connectivity index (χ3n) is 1.41. The first-order chi connectivity index (χ1) is 6.42. The van der Waals surface area contributed by atoms with Gasteiger partial charge >= 0.3 is 6.18 Å². The molecule has 0 saturated carbocycles. The zero-order valence-corrected chi connectivity index (χ0v) is 9.58. The van der Waals surface area contributed by atoms with Crippen LogP contribution in [0.3, 0.4) is 0 Å². The van der Waals surface area contributed by atoms with Crippen LogP contribution in [0, 0.1) is 0 Å². The SMILES string of the molecule is CCN(CC(F)(F)F)c1nnc(Br)s1. The Morgan fingerprint density at radius 3 is 2.43 bits per heavy atom. The molecule has 0 saturated heterocycles. The highest BCUT2D eigenvalue weighted by Crippen LogP contribution is 2.26. The van der Waals surface area contributed by atoms with Gasteiger partial charge in [-0.15, -0.1) is 10.2 Å². The topological polar surface area (TPSA) is 29.0 Å². The van der Waals surface area contributed by atoms with Gasteiger partial charge in [-0.2, -0.15) is 13.2 Å². The second-order valence-corrected chi connectivity index (χ2v) is 4.70. The lowest BCUT2D eigenvalue weighted by atomic mass is 10.5. The number of halogens is 4. The lowest BCUT2D eigenvalue weighted by molar-refractivity contribution is -0.119. The minimum Gasteiger partial charge on any atom is -0.338 e. The molecule has 0 aliphatic carbocycles. The summed E-state index contributed by atoms with van der Waals surface area (Å²) >= 11 is 4.13. The van der Waals surface area contributed by atoms with Gasteiger partial charge in [0.05, 0.1) is 0 Å². The van der Waals surface area contributed by atoms with Gasteiger partial charge < -0.3 is 4.90 Å². The number of hydrogen-bond acceptors (Lipinski definition) is 4. The number of nitrogens with zero attached hydrogens (tertiary/aromatic N) is 3. The van der Waals surface area contributed by atoms with Crippen LogP contribution in [0.25, 0.3) is 0 Å². The molecule has 1 heterocycles. The summed E-state index contributed by atoms with van der Waals surface area (Å²) in [4.78, 5) is 1.13. The van der Waals surface area contributed by atoms with Crippen molar-refractivity contribution < 1.29 is 13.2 Å². The van der Waals surface area contributed by atoms with Gasteiger partial charge in [-0.1, -0.05) is 11.3 Å². The van der Waals surface area contributed by atoms with E-state index in [2.05, 4.69) is 26.1 Å². The van der Waals surface area contributed by atoms with Crippen LogP contribution in [0.2, 0.25) is 0 Å². The smallest absolute Gasteiger partial charge is 0.338 e. The second kappa shape index (κ2) is 4.43. The Hall–Kier alpha value is -0.370. The van der Waals surface area contributed by atoms with Gasteiger partial charge in [0, 0.05) is 6.54 Å². The number of anilines is 1. The van der Waals surface area contributed by atoms with Crippen LogP contribution in [0.4, 0.5) is 18.3 Å². The molecule has 0 atom stereocenters. The summed E-state index contributed by atoms with van der Waals surface area (Å²) in [5.41, 5.74) is 0. The summed E-state index contributed by atoms with van der Waals surface area (Å²) in [6.45, 7) is 0.896. The van der Waals surface area contributed by atoms with E-state index < -0.39 is 12.7 Å². The monoisotopic (exact) mass is 289 g/mol. The molecule has 0 radical (unpaired) electrons. The van der Waals surface area contributed by atoms with Crippen LogP contribution in [-0.2, 0) is 0 Å². The Kier molecular flexibility index (Phi) is 3.71. The molecular formula is C6H7BrF3N3S. The lowest BCUT2D eigenvalue weighted by Gasteiger charge is -2.20. The number of rotatable bonds is 3. The summed E-state index contributed by atoms with van der Waals surface area (Å²) in [6.07, 6.45) is -4.21. The van der Waals surface area contributed by atoms with Gasteiger partial charge in [0.15, 0.2) is 3.92 Å². The molecule has 1 rings (SSSR count). The highest BCUT2D eigenvalue weighted by molar-refractivity contribution is 9.11. The molecule has 0 N–H and O–H groups in total. The van der Waals surface area contributed by atoms with Gasteiger partial charge in [-0.25, -0.2) is 0 Å². The van der Waals surface area contributed by atoms with Crippen molar-refractivity contribution in [2.24, 2.45) is 0 Å². The molecule has 0 aliphatic rings. The average molecular weight is 290 g/mol. The molecule has 3 nitrogen and oxygen atoms in total. The molecule has 0 spiro atoms. The molecule has 8 heteroatoms. The zero-order valence-electron chi connectivity index (χ0n) is 7.18. The maximum Gasteiger partial charge on any atom is 0.406 e. The standard InChI is InChI=1S/C6H7BrF3N3S/c1-2-13(3-6(8,9)10)5-12-11-4(7)14-5/h2-3H2,1H3. The maximum absolute atomic E-state index is 12.1. The molecule has 80 valence electrons. The van der Waals surface area contributed by atoms with Crippen molar-refractivity contribution in [3.05, 3.63) is 3.92 Å². The van der Waals surface area contributed by atoms with Crippen molar-refractivity contribution in [2.45, 2.75) is 13.1 Å². The second-order valence-electron chi connectivity index (χ2n) is 2.47. The number of hydrogen-bond donors (Lipinski definition) is 0. The Morgan fingerprint density at radius 2 is 2.07 bits per heavy atom. The van der Waals surface area contributed by atoms with E-state index in [4.69, 9.17) is 0 Å². The third kappa shape index (κ3) is 3.41. The minimum absolute atomic E-state index is 0.251. The predicted molar refractivity (Wildman–Crippen MR) is 51.6 cm³/mol. The molecule has 0 aliphatic heterocycles. The highest BCUT2D eigenvalue weighted by Gasteiger charge is 2.31. The van der Waals surface area contributed by atoms with E-state index in [0.29, 0.717) is 3.92 Å². The maximum atomic E-state index is 12.1.